The van der Waals surface area contributed by atoms with Gasteiger partial charge in [-0.25, -0.2) is 13.2 Å². The number of aromatic nitrogens is 1. The van der Waals surface area contributed by atoms with Gasteiger partial charge in [0, 0.05) is 36.1 Å². The molecule has 0 amide bonds. The fourth-order valence-corrected chi connectivity index (χ4v) is 3.86. The van der Waals surface area contributed by atoms with E-state index in [2.05, 4.69) is 4.98 Å². The zero-order valence-corrected chi connectivity index (χ0v) is 20.0. The minimum atomic E-state index is -0.849. The quantitative estimate of drug-likeness (QED) is 0.253. The molecular formula is C28H22F3NO5. The Labute approximate surface area is 210 Å². The number of fused-ring (bicyclic) bond motifs is 1. The van der Waals surface area contributed by atoms with Crippen LogP contribution < -0.4 is 14.2 Å². The van der Waals surface area contributed by atoms with E-state index >= 15 is 0 Å². The van der Waals surface area contributed by atoms with Crippen molar-refractivity contribution in [1.82, 2.24) is 4.98 Å². The number of ether oxygens (including phenoxy) is 3. The Bertz CT molecular complexity index is 1470. The van der Waals surface area contributed by atoms with Crippen molar-refractivity contribution in [3.05, 3.63) is 89.4 Å². The summed E-state index contributed by atoms with van der Waals surface area (Å²) in [6.07, 6.45) is 0.223. The fraction of sp³-hybridized carbons (Fsp3) is 0.179. The van der Waals surface area contributed by atoms with Crippen LogP contribution in [0.25, 0.3) is 10.9 Å². The maximum absolute atomic E-state index is 14.8. The topological polar surface area (TPSA) is 74.7 Å². The minimum Gasteiger partial charge on any atom is -0.493 e. The van der Waals surface area contributed by atoms with Crippen molar-refractivity contribution in [2.24, 2.45) is 0 Å². The molecule has 0 fully saturated rings. The number of methoxy groups -OCH3 is 2. The number of rotatable bonds is 10. The van der Waals surface area contributed by atoms with E-state index in [4.69, 9.17) is 14.2 Å². The summed E-state index contributed by atoms with van der Waals surface area (Å²) in [6.45, 7) is 0. The first-order chi connectivity index (χ1) is 17.8. The monoisotopic (exact) mass is 509 g/mol. The fourth-order valence-electron chi connectivity index (χ4n) is 3.86. The number of benzene rings is 3. The van der Waals surface area contributed by atoms with E-state index in [-0.39, 0.29) is 17.7 Å². The lowest BCUT2D eigenvalue weighted by Crippen LogP contribution is -2.14. The first-order valence-corrected chi connectivity index (χ1v) is 11.2. The number of hydrogen-bond acceptors (Lipinski definition) is 6. The number of pyridine rings is 1. The minimum absolute atomic E-state index is 0.0791. The highest BCUT2D eigenvalue weighted by atomic mass is 19.1. The van der Waals surface area contributed by atoms with Crippen LogP contribution in [0.1, 0.15) is 17.5 Å². The van der Waals surface area contributed by atoms with E-state index in [1.54, 1.807) is 18.2 Å². The molecular weight excluding hydrogens is 487 g/mol. The van der Waals surface area contributed by atoms with Crippen molar-refractivity contribution < 1.29 is 37.0 Å². The highest BCUT2D eigenvalue weighted by Crippen LogP contribution is 2.37. The molecule has 0 aliphatic rings. The van der Waals surface area contributed by atoms with Crippen molar-refractivity contribution in [2.75, 3.05) is 14.2 Å². The van der Waals surface area contributed by atoms with E-state index in [0.717, 1.165) is 18.2 Å². The Morgan fingerprint density at radius 3 is 2.11 bits per heavy atom. The van der Waals surface area contributed by atoms with Crippen LogP contribution in [0.5, 0.6) is 23.0 Å². The van der Waals surface area contributed by atoms with Crippen LogP contribution in [0.15, 0.2) is 60.8 Å². The number of nitrogens with zero attached hydrogens (tertiary/aromatic N) is 1. The third kappa shape index (κ3) is 5.88. The maximum Gasteiger partial charge on any atom is 0.166 e. The third-order valence-corrected chi connectivity index (χ3v) is 5.65. The molecule has 0 bridgehead atoms. The number of halogens is 3. The van der Waals surface area contributed by atoms with Gasteiger partial charge in [0.1, 0.15) is 29.0 Å². The van der Waals surface area contributed by atoms with Gasteiger partial charge in [-0.15, -0.1) is 0 Å². The first-order valence-electron chi connectivity index (χ1n) is 11.2. The number of Topliss-reactive ketones (excluding diaryl/α,β-unsaturated/α-hetero) is 2. The molecule has 0 radical (unpaired) electrons. The molecule has 0 atom stereocenters. The van der Waals surface area contributed by atoms with Crippen LogP contribution in [0.2, 0.25) is 0 Å². The van der Waals surface area contributed by atoms with Crippen LogP contribution in [-0.2, 0) is 22.4 Å². The lowest BCUT2D eigenvalue weighted by Gasteiger charge is -2.13. The predicted molar refractivity (Wildman–Crippen MR) is 130 cm³/mol. The summed E-state index contributed by atoms with van der Waals surface area (Å²) in [4.78, 5) is 28.8. The molecule has 0 spiro atoms. The average molecular weight is 509 g/mol. The number of ketones is 2. The van der Waals surface area contributed by atoms with Gasteiger partial charge in [0.05, 0.1) is 26.2 Å². The molecule has 0 aliphatic heterocycles. The standard InChI is InChI=1S/C28H22F3NO5/c1-35-27-14-20-24(15-28(27)36-2)32-9-8-25(20)37-26-7-6-16(11-23(26)31)10-17(33)12-18(34)13-19-21(29)4-3-5-22(19)30/h3-9,11,14-15H,10,12-13H2,1-2H3. The van der Waals surface area contributed by atoms with Gasteiger partial charge in [0.2, 0.25) is 0 Å². The van der Waals surface area contributed by atoms with Gasteiger partial charge >= 0.3 is 0 Å². The van der Waals surface area contributed by atoms with Gasteiger partial charge in [-0.3, -0.25) is 14.6 Å². The van der Waals surface area contributed by atoms with Crippen LogP contribution >= 0.6 is 0 Å². The summed E-state index contributed by atoms with van der Waals surface area (Å²) in [5.74, 6) is -2.36. The summed E-state index contributed by atoms with van der Waals surface area (Å²) in [5, 5.41) is 0.573. The molecule has 0 aliphatic carbocycles. The van der Waals surface area contributed by atoms with E-state index in [0.29, 0.717) is 33.7 Å². The molecule has 0 saturated heterocycles. The van der Waals surface area contributed by atoms with Crippen molar-refractivity contribution in [2.45, 2.75) is 19.3 Å². The zero-order chi connectivity index (χ0) is 26.5. The lowest BCUT2D eigenvalue weighted by atomic mass is 10.0. The van der Waals surface area contributed by atoms with Crippen molar-refractivity contribution in [1.29, 1.82) is 0 Å². The van der Waals surface area contributed by atoms with Crippen molar-refractivity contribution in [3.8, 4) is 23.0 Å². The Morgan fingerprint density at radius 2 is 1.43 bits per heavy atom. The molecule has 3 aromatic carbocycles. The SMILES string of the molecule is COc1cc2nccc(Oc3ccc(CC(=O)CC(=O)Cc4c(F)cccc4F)cc3F)c2cc1OC. The van der Waals surface area contributed by atoms with E-state index in [9.17, 15) is 22.8 Å². The summed E-state index contributed by atoms with van der Waals surface area (Å²) in [5.41, 5.74) is 0.496. The zero-order valence-electron chi connectivity index (χ0n) is 20.0. The average Bonchev–Trinajstić information content (AvgIpc) is 2.87. The Balaban J connectivity index is 1.45. The maximum atomic E-state index is 14.8. The second-order valence-corrected chi connectivity index (χ2v) is 8.21. The molecule has 0 unspecified atom stereocenters. The Hall–Kier alpha value is -4.40. The number of hydrogen-bond donors (Lipinski definition) is 0. The first kappa shape index (κ1) is 25.7. The second-order valence-electron chi connectivity index (χ2n) is 8.21. The molecule has 37 heavy (non-hydrogen) atoms. The van der Waals surface area contributed by atoms with Gasteiger partial charge in [-0.1, -0.05) is 12.1 Å². The van der Waals surface area contributed by atoms with Crippen LogP contribution in [0.4, 0.5) is 13.2 Å². The molecule has 190 valence electrons. The second kappa shape index (κ2) is 11.1. The van der Waals surface area contributed by atoms with Gasteiger partial charge in [0.15, 0.2) is 23.1 Å². The predicted octanol–water partition coefficient (Wildman–Crippen LogP) is 5.78. The molecule has 1 aromatic heterocycles. The lowest BCUT2D eigenvalue weighted by molar-refractivity contribution is -0.126. The third-order valence-electron chi connectivity index (χ3n) is 5.65. The van der Waals surface area contributed by atoms with E-state index in [1.807, 2.05) is 0 Å². The van der Waals surface area contributed by atoms with Crippen molar-refractivity contribution in [3.63, 3.8) is 0 Å². The highest BCUT2D eigenvalue weighted by Gasteiger charge is 2.18. The normalized spacial score (nSPS) is 10.8. The van der Waals surface area contributed by atoms with E-state index < -0.39 is 41.9 Å². The molecule has 4 rings (SSSR count). The molecule has 6 nitrogen and oxygen atoms in total. The number of carbonyl (C=O) groups excluding carboxylic acids is 2. The molecule has 0 saturated carbocycles. The molecule has 4 aromatic rings. The van der Waals surface area contributed by atoms with Gasteiger partial charge in [-0.05, 0) is 42.0 Å². The van der Waals surface area contributed by atoms with Gasteiger partial charge < -0.3 is 14.2 Å². The summed E-state index contributed by atoms with van der Waals surface area (Å²) in [6, 6.07) is 12.2. The Morgan fingerprint density at radius 1 is 0.757 bits per heavy atom. The van der Waals surface area contributed by atoms with Gasteiger partial charge in [-0.2, -0.15) is 0 Å². The van der Waals surface area contributed by atoms with Gasteiger partial charge in [0.25, 0.3) is 0 Å². The summed E-state index contributed by atoms with van der Waals surface area (Å²) >= 11 is 0. The number of carbonyl (C=O) groups is 2. The van der Waals surface area contributed by atoms with Crippen LogP contribution in [0, 0.1) is 17.5 Å². The van der Waals surface area contributed by atoms with Crippen LogP contribution in [0.3, 0.4) is 0 Å². The smallest absolute Gasteiger partial charge is 0.166 e. The summed E-state index contributed by atoms with van der Waals surface area (Å²) in [7, 11) is 3.00. The van der Waals surface area contributed by atoms with E-state index in [1.165, 1.54) is 38.6 Å². The molecule has 1 heterocycles. The summed E-state index contributed by atoms with van der Waals surface area (Å²) < 4.78 is 58.7. The van der Waals surface area contributed by atoms with Crippen molar-refractivity contribution >= 4 is 22.5 Å². The van der Waals surface area contributed by atoms with Crippen LogP contribution in [-0.4, -0.2) is 30.8 Å². The highest BCUT2D eigenvalue weighted by molar-refractivity contribution is 6.00. The molecule has 9 heteroatoms. The molecule has 0 N–H and O–H groups in total. The largest absolute Gasteiger partial charge is 0.493 e. The Kier molecular flexibility index (Phi) is 7.71.